The molecule has 0 spiro atoms. The van der Waals surface area contributed by atoms with Gasteiger partial charge in [-0.05, 0) is 36.5 Å². The Morgan fingerprint density at radius 2 is 2.03 bits per heavy atom. The molecule has 0 bridgehead atoms. The number of ether oxygens (including phenoxy) is 1. The Hall–Kier alpha value is -2.57. The Balaban J connectivity index is 1.44. The number of rotatable bonds is 7. The van der Waals surface area contributed by atoms with E-state index in [1.54, 1.807) is 7.11 Å². The average Bonchev–Trinajstić information content (AvgIpc) is 3.49. The highest BCUT2D eigenvalue weighted by molar-refractivity contribution is 7.83. The van der Waals surface area contributed by atoms with E-state index in [0.717, 1.165) is 21.9 Å². The van der Waals surface area contributed by atoms with Crippen LogP contribution in [-0.2, 0) is 21.5 Å². The Morgan fingerprint density at radius 3 is 2.79 bits per heavy atom. The van der Waals surface area contributed by atoms with E-state index in [4.69, 9.17) is 4.74 Å². The lowest BCUT2D eigenvalue weighted by atomic mass is 10.0. The molecule has 3 N–H and O–H groups in total. The summed E-state index contributed by atoms with van der Waals surface area (Å²) in [7, 11) is -1.40. The van der Waals surface area contributed by atoms with Crippen LogP contribution in [0.3, 0.4) is 0 Å². The molecule has 5 rings (SSSR count). The number of hydrogen-bond acceptors (Lipinski definition) is 7. The molecule has 0 radical (unpaired) electrons. The molecule has 34 heavy (non-hydrogen) atoms. The first-order valence-corrected chi connectivity index (χ1v) is 12.7. The first-order chi connectivity index (χ1) is 16.3. The van der Waals surface area contributed by atoms with Crippen LogP contribution in [0.4, 0.5) is 5.82 Å². The number of nitrogens with one attached hydrogen (secondary N) is 1. The molecule has 2 aromatic heterocycles. The van der Waals surface area contributed by atoms with Gasteiger partial charge in [-0.15, -0.1) is 0 Å². The molecule has 2 heterocycles. The van der Waals surface area contributed by atoms with E-state index in [0.29, 0.717) is 25.1 Å². The molecular formula is C23H29N5O5S. The normalized spacial score (nSPS) is 26.9. The third kappa shape index (κ3) is 4.07. The summed E-state index contributed by atoms with van der Waals surface area (Å²) in [6.45, 7) is 0.629. The van der Waals surface area contributed by atoms with Crippen molar-refractivity contribution in [3.8, 4) is 0 Å². The van der Waals surface area contributed by atoms with E-state index in [1.165, 1.54) is 24.5 Å². The maximum Gasteiger partial charge on any atom is 0.335 e. The lowest BCUT2D eigenvalue weighted by Crippen LogP contribution is -2.41. The SMILES string of the molecule is COC[C@H]1Cc2ccccc2[C@H]1Nc1ncnc2c1ccn2[C@@H]1C[C@@H](O)[C@H](N(C)S(=O)(=O)O)C1. The number of aliphatic hydroxyl groups is 1. The predicted molar refractivity (Wildman–Crippen MR) is 127 cm³/mol. The van der Waals surface area contributed by atoms with Gasteiger partial charge in [-0.1, -0.05) is 24.3 Å². The van der Waals surface area contributed by atoms with E-state index >= 15 is 0 Å². The third-order valence-electron chi connectivity index (χ3n) is 7.22. The number of aliphatic hydroxyl groups excluding tert-OH is 1. The molecule has 3 aromatic rings. The lowest BCUT2D eigenvalue weighted by molar-refractivity contribution is 0.117. The molecule has 1 aromatic carbocycles. The van der Waals surface area contributed by atoms with Crippen LogP contribution in [0.15, 0.2) is 42.9 Å². The van der Waals surface area contributed by atoms with Gasteiger partial charge in [0.25, 0.3) is 0 Å². The molecular weight excluding hydrogens is 458 g/mol. The summed E-state index contributed by atoms with van der Waals surface area (Å²) in [6.07, 6.45) is 4.17. The Morgan fingerprint density at radius 1 is 1.24 bits per heavy atom. The molecule has 182 valence electrons. The number of benzene rings is 1. The summed E-state index contributed by atoms with van der Waals surface area (Å²) >= 11 is 0. The minimum Gasteiger partial charge on any atom is -0.391 e. The smallest absolute Gasteiger partial charge is 0.335 e. The molecule has 0 saturated heterocycles. The van der Waals surface area contributed by atoms with Crippen molar-refractivity contribution in [2.75, 3.05) is 26.1 Å². The topological polar surface area (TPSA) is 130 Å². The van der Waals surface area contributed by atoms with Crippen molar-refractivity contribution < 1.29 is 22.8 Å². The largest absolute Gasteiger partial charge is 0.391 e. The molecule has 0 amide bonds. The van der Waals surface area contributed by atoms with Crippen molar-refractivity contribution in [3.63, 3.8) is 0 Å². The van der Waals surface area contributed by atoms with Gasteiger partial charge in [0.2, 0.25) is 0 Å². The van der Waals surface area contributed by atoms with Crippen LogP contribution in [0.2, 0.25) is 0 Å². The number of fused-ring (bicyclic) bond motifs is 2. The fourth-order valence-corrected chi connectivity index (χ4v) is 6.10. The molecule has 1 saturated carbocycles. The second-order valence-corrected chi connectivity index (χ2v) is 10.6. The summed E-state index contributed by atoms with van der Waals surface area (Å²) in [6, 6.07) is 9.50. The van der Waals surface area contributed by atoms with Crippen molar-refractivity contribution in [2.45, 2.75) is 43.5 Å². The van der Waals surface area contributed by atoms with E-state index in [9.17, 15) is 18.1 Å². The predicted octanol–water partition coefficient (Wildman–Crippen LogP) is 2.20. The average molecular weight is 488 g/mol. The summed E-state index contributed by atoms with van der Waals surface area (Å²) in [5.74, 6) is 0.993. The van der Waals surface area contributed by atoms with Crippen LogP contribution in [0.1, 0.15) is 36.1 Å². The van der Waals surface area contributed by atoms with Gasteiger partial charge in [-0.25, -0.2) is 9.97 Å². The summed E-state index contributed by atoms with van der Waals surface area (Å²) < 4.78 is 40.8. The highest BCUT2D eigenvalue weighted by Gasteiger charge is 2.40. The third-order valence-corrected chi connectivity index (χ3v) is 8.22. The highest BCUT2D eigenvalue weighted by atomic mass is 32.2. The molecule has 0 aliphatic heterocycles. The minimum absolute atomic E-state index is 0.0543. The standard InChI is InChI=1S/C23H29N5O5S/c1-27(34(30,31)32)19-10-16(11-20(19)29)28-8-7-18-22(24-13-25-23(18)28)26-21-15(12-33-2)9-14-5-3-4-6-17(14)21/h3-8,13,15-16,19-21,29H,9-12H2,1-2H3,(H,24,25,26)(H,30,31,32)/t15-,16+,19-,20-,21+/m1/s1. The van der Waals surface area contributed by atoms with Gasteiger partial charge in [-0.2, -0.15) is 12.7 Å². The quantitative estimate of drug-likeness (QED) is 0.433. The number of methoxy groups -OCH3 is 1. The molecule has 0 unspecified atom stereocenters. The van der Waals surface area contributed by atoms with Crippen LogP contribution in [0.5, 0.6) is 0 Å². The monoisotopic (exact) mass is 487 g/mol. The maximum absolute atomic E-state index is 11.6. The van der Waals surface area contributed by atoms with Gasteiger partial charge in [0, 0.05) is 32.3 Å². The molecule has 1 fully saturated rings. The van der Waals surface area contributed by atoms with Crippen LogP contribution in [0.25, 0.3) is 11.0 Å². The van der Waals surface area contributed by atoms with Crippen LogP contribution < -0.4 is 5.32 Å². The zero-order valence-corrected chi connectivity index (χ0v) is 19.9. The number of nitrogens with zero attached hydrogens (tertiary/aromatic N) is 4. The van der Waals surface area contributed by atoms with E-state index < -0.39 is 22.4 Å². The summed E-state index contributed by atoms with van der Waals surface area (Å²) in [5.41, 5.74) is 3.25. The molecule has 2 aliphatic rings. The van der Waals surface area contributed by atoms with Gasteiger partial charge >= 0.3 is 10.3 Å². The highest BCUT2D eigenvalue weighted by Crippen LogP contribution is 2.40. The van der Waals surface area contributed by atoms with E-state index in [-0.39, 0.29) is 18.0 Å². The summed E-state index contributed by atoms with van der Waals surface area (Å²) in [5, 5.41) is 15.0. The van der Waals surface area contributed by atoms with Gasteiger partial charge in [0.15, 0.2) is 0 Å². The fraction of sp³-hybridized carbons (Fsp3) is 0.478. The Kier molecular flexibility index (Phi) is 6.07. The number of anilines is 1. The number of likely N-dealkylation sites (N-methyl/N-ethyl adjacent to an activating group) is 1. The maximum atomic E-state index is 11.6. The van der Waals surface area contributed by atoms with Gasteiger partial charge < -0.3 is 19.7 Å². The second kappa shape index (κ2) is 8.90. The minimum atomic E-state index is -4.39. The molecule has 2 aliphatic carbocycles. The van der Waals surface area contributed by atoms with E-state index in [1.807, 2.05) is 22.9 Å². The first kappa shape index (κ1) is 23.2. The first-order valence-electron chi connectivity index (χ1n) is 11.3. The van der Waals surface area contributed by atoms with E-state index in [2.05, 4.69) is 33.5 Å². The van der Waals surface area contributed by atoms with Crippen molar-refractivity contribution in [3.05, 3.63) is 54.0 Å². The van der Waals surface area contributed by atoms with Crippen molar-refractivity contribution in [1.29, 1.82) is 0 Å². The molecule has 5 atom stereocenters. The van der Waals surface area contributed by atoms with Crippen LogP contribution >= 0.6 is 0 Å². The number of hydrogen-bond donors (Lipinski definition) is 3. The summed E-state index contributed by atoms with van der Waals surface area (Å²) in [4.78, 5) is 9.01. The zero-order chi connectivity index (χ0) is 24.0. The number of aromatic nitrogens is 3. The zero-order valence-electron chi connectivity index (χ0n) is 19.1. The van der Waals surface area contributed by atoms with Crippen molar-refractivity contribution in [1.82, 2.24) is 18.8 Å². The van der Waals surface area contributed by atoms with Gasteiger partial charge in [0.1, 0.15) is 17.8 Å². The lowest BCUT2D eigenvalue weighted by Gasteiger charge is -2.23. The Labute approximate surface area is 198 Å². The molecule has 11 heteroatoms. The van der Waals surface area contributed by atoms with Crippen LogP contribution in [-0.4, -0.2) is 69.8 Å². The molecule has 10 nitrogen and oxygen atoms in total. The van der Waals surface area contributed by atoms with Crippen molar-refractivity contribution >= 4 is 27.2 Å². The Bertz CT molecular complexity index is 1300. The van der Waals surface area contributed by atoms with Crippen LogP contribution in [0, 0.1) is 5.92 Å². The van der Waals surface area contributed by atoms with Crippen molar-refractivity contribution in [2.24, 2.45) is 5.92 Å². The second-order valence-electron chi connectivity index (χ2n) is 9.18. The van der Waals surface area contributed by atoms with Gasteiger partial charge in [-0.3, -0.25) is 4.55 Å². The fourth-order valence-electron chi connectivity index (χ4n) is 5.53. The van der Waals surface area contributed by atoms with Gasteiger partial charge in [0.05, 0.1) is 30.2 Å².